The summed E-state index contributed by atoms with van der Waals surface area (Å²) in [7, 11) is 0. The maximum atomic E-state index is 13.7. The summed E-state index contributed by atoms with van der Waals surface area (Å²) >= 11 is 5.87. The molecule has 1 aromatic carbocycles. The molecule has 0 saturated carbocycles. The van der Waals surface area contributed by atoms with Crippen LogP contribution in [0.5, 0.6) is 0 Å². The second-order valence-electron chi connectivity index (χ2n) is 7.09. The molecule has 1 saturated heterocycles. The Morgan fingerprint density at radius 3 is 2.74 bits per heavy atom. The number of nitrogens with one attached hydrogen (secondary N) is 1. The molecule has 0 radical (unpaired) electrons. The smallest absolute Gasteiger partial charge is 0.265 e. The average Bonchev–Trinajstić information content (AvgIpc) is 2.76. The van der Waals surface area contributed by atoms with Gasteiger partial charge in [0.15, 0.2) is 0 Å². The molecule has 1 N–H and O–H groups in total. The number of nitriles is 1. The topological polar surface area (TPSA) is 86.1 Å². The minimum Gasteiger partial charge on any atom is -0.343 e. The number of carbonyl (C=O) groups is 2. The van der Waals surface area contributed by atoms with E-state index >= 15 is 0 Å². The molecule has 1 fully saturated rings. The molecule has 6 nitrogen and oxygen atoms in total. The molecule has 1 atom stereocenters. The van der Waals surface area contributed by atoms with Gasteiger partial charge in [-0.3, -0.25) is 14.6 Å². The molecule has 1 aromatic heterocycles. The molecule has 2 amide bonds. The van der Waals surface area contributed by atoms with Gasteiger partial charge in [0.1, 0.15) is 6.04 Å². The van der Waals surface area contributed by atoms with E-state index in [4.69, 9.17) is 16.9 Å². The van der Waals surface area contributed by atoms with Gasteiger partial charge in [-0.05, 0) is 30.2 Å². The van der Waals surface area contributed by atoms with E-state index in [9.17, 15) is 18.4 Å². The minimum atomic E-state index is -3.04. The summed E-state index contributed by atoms with van der Waals surface area (Å²) in [5.41, 5.74) is 1.65. The van der Waals surface area contributed by atoms with E-state index in [1.165, 1.54) is 18.5 Å². The Morgan fingerprint density at radius 2 is 2.03 bits per heavy atom. The molecule has 160 valence electrons. The minimum absolute atomic E-state index is 0.104. The summed E-state index contributed by atoms with van der Waals surface area (Å²) in [6.07, 6.45) is 5.87. The van der Waals surface area contributed by atoms with Gasteiger partial charge >= 0.3 is 0 Å². The zero-order valence-corrected chi connectivity index (χ0v) is 17.1. The third kappa shape index (κ3) is 5.86. The Kier molecular flexibility index (Phi) is 6.98. The van der Waals surface area contributed by atoms with Gasteiger partial charge < -0.3 is 10.2 Å². The molecular formula is C22H19ClF2N4O2. The lowest BCUT2D eigenvalue weighted by atomic mass is 10.00. The number of hydrogen-bond donors (Lipinski definition) is 1. The van der Waals surface area contributed by atoms with Crippen molar-refractivity contribution < 1.29 is 18.4 Å². The van der Waals surface area contributed by atoms with Gasteiger partial charge in [-0.15, -0.1) is 0 Å². The highest BCUT2D eigenvalue weighted by Gasteiger charge is 2.42. The second-order valence-corrected chi connectivity index (χ2v) is 7.53. The number of pyridine rings is 1. The zero-order chi connectivity index (χ0) is 22.4. The number of rotatable bonds is 5. The first kappa shape index (κ1) is 22.4. The SMILES string of the molecule is N#CC1CCC(F)(F)CN1C(=O)CNC(=O)c1ccncc1C=Cc1ccc(Cl)cc1. The van der Waals surface area contributed by atoms with Crippen LogP contribution in [0.25, 0.3) is 12.2 Å². The van der Waals surface area contributed by atoms with Crippen molar-refractivity contribution in [1.29, 1.82) is 5.26 Å². The monoisotopic (exact) mass is 444 g/mol. The summed E-state index contributed by atoms with van der Waals surface area (Å²) < 4.78 is 27.4. The van der Waals surface area contributed by atoms with E-state index in [-0.39, 0.29) is 12.0 Å². The fraction of sp³-hybridized carbons (Fsp3) is 0.273. The van der Waals surface area contributed by atoms with Crippen LogP contribution in [0.1, 0.15) is 34.3 Å². The molecule has 0 bridgehead atoms. The van der Waals surface area contributed by atoms with Crippen LogP contribution < -0.4 is 5.32 Å². The summed E-state index contributed by atoms with van der Waals surface area (Å²) in [5.74, 6) is -4.33. The molecular weight excluding hydrogens is 426 g/mol. The van der Waals surface area contributed by atoms with Crippen molar-refractivity contribution in [3.63, 3.8) is 0 Å². The van der Waals surface area contributed by atoms with Gasteiger partial charge in [-0.2, -0.15) is 5.26 Å². The predicted octanol–water partition coefficient (Wildman–Crippen LogP) is 3.79. The van der Waals surface area contributed by atoms with E-state index < -0.39 is 43.3 Å². The van der Waals surface area contributed by atoms with Crippen LogP contribution in [0, 0.1) is 11.3 Å². The normalized spacial score (nSPS) is 17.9. The zero-order valence-electron chi connectivity index (χ0n) is 16.4. The Bertz CT molecular complexity index is 1030. The van der Waals surface area contributed by atoms with Crippen molar-refractivity contribution in [3.05, 3.63) is 64.4 Å². The first-order valence-corrected chi connectivity index (χ1v) is 9.90. The van der Waals surface area contributed by atoms with Crippen LogP contribution in [0.4, 0.5) is 8.78 Å². The highest BCUT2D eigenvalue weighted by Crippen LogP contribution is 2.30. The number of piperidine rings is 1. The molecule has 1 aliphatic rings. The lowest BCUT2D eigenvalue weighted by Gasteiger charge is -2.36. The Morgan fingerprint density at radius 1 is 1.29 bits per heavy atom. The van der Waals surface area contributed by atoms with Crippen LogP contribution >= 0.6 is 11.6 Å². The molecule has 2 heterocycles. The number of halogens is 3. The lowest BCUT2D eigenvalue weighted by Crippen LogP contribution is -2.53. The van der Waals surface area contributed by atoms with E-state index in [1.807, 2.05) is 18.2 Å². The van der Waals surface area contributed by atoms with E-state index in [0.29, 0.717) is 10.6 Å². The van der Waals surface area contributed by atoms with Crippen LogP contribution in [0.2, 0.25) is 5.02 Å². The molecule has 31 heavy (non-hydrogen) atoms. The standard InChI is InChI=1S/C22H19ClF2N4O2/c23-17-5-2-15(3-6-17)1-4-16-12-27-10-8-19(16)21(31)28-13-20(30)29-14-22(24,25)9-7-18(29)11-26/h1-6,8,10,12,18H,7,9,13-14H2,(H,28,31). The summed E-state index contributed by atoms with van der Waals surface area (Å²) in [5, 5.41) is 12.2. The summed E-state index contributed by atoms with van der Waals surface area (Å²) in [6.45, 7) is -1.32. The highest BCUT2D eigenvalue weighted by atomic mass is 35.5. The van der Waals surface area contributed by atoms with E-state index in [0.717, 1.165) is 10.5 Å². The second kappa shape index (κ2) is 9.67. The van der Waals surface area contributed by atoms with Gasteiger partial charge in [-0.1, -0.05) is 35.9 Å². The molecule has 1 aliphatic heterocycles. The third-order valence-electron chi connectivity index (χ3n) is 4.85. The van der Waals surface area contributed by atoms with Crippen LogP contribution in [0.3, 0.4) is 0 Å². The van der Waals surface area contributed by atoms with Crippen molar-refractivity contribution in [2.45, 2.75) is 24.8 Å². The van der Waals surface area contributed by atoms with Crippen molar-refractivity contribution >= 4 is 35.6 Å². The van der Waals surface area contributed by atoms with Gasteiger partial charge in [0.25, 0.3) is 11.8 Å². The Balaban J connectivity index is 1.67. The molecule has 2 aromatic rings. The number of nitrogens with zero attached hydrogens (tertiary/aromatic N) is 3. The number of benzene rings is 1. The fourth-order valence-corrected chi connectivity index (χ4v) is 3.32. The maximum absolute atomic E-state index is 13.7. The van der Waals surface area contributed by atoms with Gasteiger partial charge in [0, 0.05) is 35.0 Å². The van der Waals surface area contributed by atoms with Crippen molar-refractivity contribution in [2.75, 3.05) is 13.1 Å². The van der Waals surface area contributed by atoms with Gasteiger partial charge in [0.05, 0.1) is 19.2 Å². The quantitative estimate of drug-likeness (QED) is 0.760. The van der Waals surface area contributed by atoms with E-state index in [1.54, 1.807) is 24.3 Å². The fourth-order valence-electron chi connectivity index (χ4n) is 3.20. The molecule has 0 aliphatic carbocycles. The van der Waals surface area contributed by atoms with Gasteiger partial charge in [-0.25, -0.2) is 8.78 Å². The number of hydrogen-bond acceptors (Lipinski definition) is 4. The van der Waals surface area contributed by atoms with Crippen molar-refractivity contribution in [1.82, 2.24) is 15.2 Å². The number of amides is 2. The molecule has 0 spiro atoms. The number of alkyl halides is 2. The maximum Gasteiger partial charge on any atom is 0.265 e. The van der Waals surface area contributed by atoms with Crippen molar-refractivity contribution in [3.8, 4) is 6.07 Å². The first-order chi connectivity index (χ1) is 14.8. The first-order valence-electron chi connectivity index (χ1n) is 9.52. The number of likely N-dealkylation sites (tertiary alicyclic amines) is 1. The predicted molar refractivity (Wildman–Crippen MR) is 112 cm³/mol. The molecule has 9 heteroatoms. The Labute approximate surface area is 183 Å². The highest BCUT2D eigenvalue weighted by molar-refractivity contribution is 6.30. The summed E-state index contributed by atoms with van der Waals surface area (Å²) in [6, 6.07) is 9.54. The molecule has 3 rings (SSSR count). The van der Waals surface area contributed by atoms with Crippen LogP contribution in [-0.4, -0.2) is 46.8 Å². The third-order valence-corrected chi connectivity index (χ3v) is 5.10. The largest absolute Gasteiger partial charge is 0.343 e. The van der Waals surface area contributed by atoms with Crippen LogP contribution in [0.15, 0.2) is 42.7 Å². The van der Waals surface area contributed by atoms with Crippen molar-refractivity contribution in [2.24, 2.45) is 0 Å². The van der Waals surface area contributed by atoms with E-state index in [2.05, 4.69) is 10.3 Å². The average molecular weight is 445 g/mol. The van der Waals surface area contributed by atoms with Gasteiger partial charge in [0.2, 0.25) is 5.91 Å². The number of carbonyl (C=O) groups excluding carboxylic acids is 2. The summed E-state index contributed by atoms with van der Waals surface area (Å²) in [4.78, 5) is 29.9. The Hall–Kier alpha value is -3.31. The lowest BCUT2D eigenvalue weighted by molar-refractivity contribution is -0.143. The number of aromatic nitrogens is 1. The molecule has 1 unspecified atom stereocenters. The van der Waals surface area contributed by atoms with Crippen LogP contribution in [-0.2, 0) is 4.79 Å².